The molecule has 106 valence electrons. The predicted molar refractivity (Wildman–Crippen MR) is 86.1 cm³/mol. The second-order valence-corrected chi connectivity index (χ2v) is 6.23. The summed E-state index contributed by atoms with van der Waals surface area (Å²) < 4.78 is 14.5. The van der Waals surface area contributed by atoms with Gasteiger partial charge in [0.25, 0.3) is 5.91 Å². The van der Waals surface area contributed by atoms with Gasteiger partial charge in [-0.15, -0.1) is 0 Å². The molecule has 0 aliphatic carbocycles. The quantitative estimate of drug-likeness (QED) is 0.720. The Morgan fingerprint density at radius 2 is 2.00 bits per heavy atom. The van der Waals surface area contributed by atoms with Crippen LogP contribution in [0.5, 0.6) is 0 Å². The van der Waals surface area contributed by atoms with Gasteiger partial charge < -0.3 is 11.1 Å². The van der Waals surface area contributed by atoms with E-state index in [4.69, 9.17) is 5.73 Å². The number of nitrogens with one attached hydrogen (secondary N) is 1. The molecule has 0 spiro atoms. The Morgan fingerprint density at radius 1 is 1.29 bits per heavy atom. The minimum Gasteiger partial charge on any atom is -0.375 e. The topological polar surface area (TPSA) is 68.0 Å². The van der Waals surface area contributed by atoms with Gasteiger partial charge in [-0.1, -0.05) is 11.3 Å². The van der Waals surface area contributed by atoms with Crippen molar-refractivity contribution >= 4 is 54.2 Å². The van der Waals surface area contributed by atoms with Gasteiger partial charge in [0.15, 0.2) is 5.13 Å². The van der Waals surface area contributed by atoms with Gasteiger partial charge >= 0.3 is 0 Å². The molecule has 1 aromatic heterocycles. The van der Waals surface area contributed by atoms with Crippen LogP contribution in [0.4, 0.5) is 15.2 Å². The third-order valence-electron chi connectivity index (χ3n) is 2.83. The first-order valence-corrected chi connectivity index (χ1v) is 7.56. The lowest BCUT2D eigenvalue weighted by atomic mass is 10.2. The monoisotopic (exact) mass is 365 g/mol. The van der Waals surface area contributed by atoms with Crippen molar-refractivity contribution in [1.82, 2.24) is 4.98 Å². The summed E-state index contributed by atoms with van der Waals surface area (Å²) in [5.74, 6) is -0.686. The number of hydrogen-bond donors (Lipinski definition) is 2. The lowest BCUT2D eigenvalue weighted by Crippen LogP contribution is -2.11. The first-order valence-electron chi connectivity index (χ1n) is 5.95. The number of halogens is 2. The molecule has 0 saturated heterocycles. The Hall–Kier alpha value is -1.99. The van der Waals surface area contributed by atoms with Crippen molar-refractivity contribution in [1.29, 1.82) is 0 Å². The fourth-order valence-electron chi connectivity index (χ4n) is 1.88. The number of carbonyl (C=O) groups excluding carboxylic acids is 1. The summed E-state index contributed by atoms with van der Waals surface area (Å²) in [5, 5.41) is 3.23. The molecular formula is C14H9BrFN3OS. The summed E-state index contributed by atoms with van der Waals surface area (Å²) in [4.78, 5) is 16.3. The number of thiazole rings is 1. The molecule has 7 heteroatoms. The van der Waals surface area contributed by atoms with Gasteiger partial charge in [0.05, 0.1) is 10.2 Å². The number of carbonyl (C=O) groups is 1. The molecule has 1 heterocycles. The van der Waals surface area contributed by atoms with E-state index in [0.29, 0.717) is 16.4 Å². The SMILES string of the molecule is Nc1nc2c(Br)cc(NC(=O)c3ccc(F)cc3)cc2s1. The van der Waals surface area contributed by atoms with E-state index in [-0.39, 0.29) is 11.7 Å². The number of nitrogens with zero attached hydrogens (tertiary/aromatic N) is 1. The molecule has 0 saturated carbocycles. The van der Waals surface area contributed by atoms with Crippen LogP contribution in [-0.2, 0) is 0 Å². The predicted octanol–water partition coefficient (Wildman–Crippen LogP) is 4.03. The van der Waals surface area contributed by atoms with Crippen LogP contribution < -0.4 is 11.1 Å². The van der Waals surface area contributed by atoms with Crippen LogP contribution in [-0.4, -0.2) is 10.9 Å². The maximum Gasteiger partial charge on any atom is 0.255 e. The largest absolute Gasteiger partial charge is 0.375 e. The highest BCUT2D eigenvalue weighted by atomic mass is 79.9. The number of benzene rings is 2. The van der Waals surface area contributed by atoms with E-state index >= 15 is 0 Å². The molecule has 0 bridgehead atoms. The summed E-state index contributed by atoms with van der Waals surface area (Å²) in [5.41, 5.74) is 7.44. The van der Waals surface area contributed by atoms with E-state index in [1.807, 2.05) is 0 Å². The van der Waals surface area contributed by atoms with Crippen LogP contribution in [0, 0.1) is 5.82 Å². The molecule has 0 aliphatic heterocycles. The number of aromatic nitrogens is 1. The highest BCUT2D eigenvalue weighted by Crippen LogP contribution is 2.33. The van der Waals surface area contributed by atoms with Crippen molar-refractivity contribution in [2.75, 3.05) is 11.1 Å². The Labute approximate surface area is 131 Å². The van der Waals surface area contributed by atoms with Crippen LogP contribution in [0.15, 0.2) is 40.9 Å². The number of fused-ring (bicyclic) bond motifs is 1. The van der Waals surface area contributed by atoms with Crippen molar-refractivity contribution in [3.63, 3.8) is 0 Å². The Morgan fingerprint density at radius 3 is 2.71 bits per heavy atom. The summed E-state index contributed by atoms with van der Waals surface area (Å²) in [6.45, 7) is 0. The van der Waals surface area contributed by atoms with Gasteiger partial charge in [-0.2, -0.15) is 0 Å². The summed E-state index contributed by atoms with van der Waals surface area (Å²) in [6.07, 6.45) is 0. The molecule has 0 atom stereocenters. The van der Waals surface area contributed by atoms with E-state index in [1.54, 1.807) is 12.1 Å². The first kappa shape index (κ1) is 14.0. The molecule has 1 amide bonds. The second-order valence-electron chi connectivity index (χ2n) is 4.32. The average molecular weight is 366 g/mol. The third kappa shape index (κ3) is 2.88. The van der Waals surface area contributed by atoms with Gasteiger partial charge in [0.1, 0.15) is 5.82 Å². The molecule has 21 heavy (non-hydrogen) atoms. The normalized spacial score (nSPS) is 10.8. The standard InChI is InChI=1S/C14H9BrFN3OS/c15-10-5-9(6-11-12(10)19-14(17)21-11)18-13(20)7-1-3-8(16)4-2-7/h1-6H,(H2,17,19)(H,18,20). The molecule has 0 unspecified atom stereocenters. The Balaban J connectivity index is 1.90. The van der Waals surface area contributed by atoms with E-state index in [9.17, 15) is 9.18 Å². The summed E-state index contributed by atoms with van der Waals surface area (Å²) in [7, 11) is 0. The zero-order valence-corrected chi connectivity index (χ0v) is 13.0. The fourth-order valence-corrected chi connectivity index (χ4v) is 3.36. The molecule has 0 fully saturated rings. The van der Waals surface area contributed by atoms with Crippen molar-refractivity contribution in [3.05, 3.63) is 52.3 Å². The van der Waals surface area contributed by atoms with Crippen LogP contribution in [0.2, 0.25) is 0 Å². The molecule has 2 aromatic carbocycles. The minimum atomic E-state index is -0.379. The van der Waals surface area contributed by atoms with Crippen molar-refractivity contribution in [2.24, 2.45) is 0 Å². The second kappa shape index (κ2) is 5.42. The lowest BCUT2D eigenvalue weighted by Gasteiger charge is -2.06. The molecule has 3 rings (SSSR count). The van der Waals surface area contributed by atoms with Crippen molar-refractivity contribution in [3.8, 4) is 0 Å². The average Bonchev–Trinajstić information content (AvgIpc) is 2.80. The minimum absolute atomic E-state index is 0.307. The number of anilines is 2. The van der Waals surface area contributed by atoms with Crippen molar-refractivity contribution < 1.29 is 9.18 Å². The maximum absolute atomic E-state index is 12.9. The van der Waals surface area contributed by atoms with Gasteiger partial charge in [-0.25, -0.2) is 9.37 Å². The van der Waals surface area contributed by atoms with Gasteiger partial charge in [-0.05, 0) is 52.3 Å². The Bertz CT molecular complexity index is 832. The fraction of sp³-hybridized carbons (Fsp3) is 0. The van der Waals surface area contributed by atoms with Gasteiger partial charge in [0.2, 0.25) is 0 Å². The number of nitrogen functional groups attached to an aromatic ring is 1. The van der Waals surface area contributed by atoms with E-state index < -0.39 is 0 Å². The maximum atomic E-state index is 12.9. The van der Waals surface area contributed by atoms with E-state index in [1.165, 1.54) is 35.6 Å². The molecule has 3 N–H and O–H groups in total. The summed E-state index contributed by atoms with van der Waals surface area (Å²) in [6, 6.07) is 8.92. The van der Waals surface area contributed by atoms with Crippen LogP contribution in [0.1, 0.15) is 10.4 Å². The molecular weight excluding hydrogens is 357 g/mol. The number of hydrogen-bond acceptors (Lipinski definition) is 4. The molecule has 0 aliphatic rings. The van der Waals surface area contributed by atoms with Crippen LogP contribution in [0.25, 0.3) is 10.2 Å². The molecule has 0 radical (unpaired) electrons. The van der Waals surface area contributed by atoms with Gasteiger partial charge in [0, 0.05) is 15.7 Å². The van der Waals surface area contributed by atoms with E-state index in [0.717, 1.165) is 14.7 Å². The smallest absolute Gasteiger partial charge is 0.255 e. The number of nitrogens with two attached hydrogens (primary N) is 1. The van der Waals surface area contributed by atoms with Gasteiger partial charge in [-0.3, -0.25) is 4.79 Å². The summed E-state index contributed by atoms with van der Waals surface area (Å²) >= 11 is 4.75. The highest BCUT2D eigenvalue weighted by molar-refractivity contribution is 9.10. The highest BCUT2D eigenvalue weighted by Gasteiger charge is 2.10. The third-order valence-corrected chi connectivity index (χ3v) is 4.27. The zero-order valence-electron chi connectivity index (χ0n) is 10.6. The zero-order chi connectivity index (χ0) is 15.0. The van der Waals surface area contributed by atoms with Crippen LogP contribution in [0.3, 0.4) is 0 Å². The van der Waals surface area contributed by atoms with Crippen LogP contribution >= 0.6 is 27.3 Å². The van der Waals surface area contributed by atoms with E-state index in [2.05, 4.69) is 26.2 Å². The Kier molecular flexibility index (Phi) is 3.60. The number of amides is 1. The first-order chi connectivity index (χ1) is 10.0. The van der Waals surface area contributed by atoms with Crippen molar-refractivity contribution in [2.45, 2.75) is 0 Å². The number of rotatable bonds is 2. The lowest BCUT2D eigenvalue weighted by molar-refractivity contribution is 0.102. The molecule has 3 aromatic rings. The molecule has 4 nitrogen and oxygen atoms in total.